The van der Waals surface area contributed by atoms with E-state index >= 15 is 0 Å². The SMILES string of the molecule is CN(C)CCCCCOc1ccc(C(=O)N2CCC(N3C(=O)CCc4ccccc43)CC2)cc1. The molecule has 0 saturated carbocycles. The highest BCUT2D eigenvalue weighted by molar-refractivity contribution is 5.97. The molecule has 0 aromatic heterocycles. The molecule has 0 N–H and O–H groups in total. The first-order valence-electron chi connectivity index (χ1n) is 12.6. The van der Waals surface area contributed by atoms with Crippen molar-refractivity contribution in [3.63, 3.8) is 0 Å². The lowest BCUT2D eigenvalue weighted by atomic mass is 9.95. The summed E-state index contributed by atoms with van der Waals surface area (Å²) in [6, 6.07) is 15.9. The summed E-state index contributed by atoms with van der Waals surface area (Å²) >= 11 is 0. The molecular weight excluding hydrogens is 426 g/mol. The van der Waals surface area contributed by atoms with Crippen LogP contribution < -0.4 is 9.64 Å². The molecule has 6 nitrogen and oxygen atoms in total. The summed E-state index contributed by atoms with van der Waals surface area (Å²) in [5.41, 5.74) is 2.99. The Morgan fingerprint density at radius 1 is 0.971 bits per heavy atom. The first-order chi connectivity index (χ1) is 16.5. The molecular formula is C28H37N3O3. The minimum atomic E-state index is 0.0547. The molecule has 0 atom stereocenters. The Bertz CT molecular complexity index is 965. The lowest BCUT2D eigenvalue weighted by Gasteiger charge is -2.41. The summed E-state index contributed by atoms with van der Waals surface area (Å²) < 4.78 is 5.84. The Hall–Kier alpha value is -2.86. The van der Waals surface area contributed by atoms with Crippen molar-refractivity contribution in [1.82, 2.24) is 9.80 Å². The smallest absolute Gasteiger partial charge is 0.253 e. The standard InChI is InChI=1S/C28H37N3O3/c1-29(2)18-6-3-7-21-34-25-13-10-23(11-14-25)28(33)30-19-16-24(17-20-30)31-26-9-5-4-8-22(26)12-15-27(31)32/h4-5,8-11,13-14,24H,3,6-7,12,15-21H2,1-2H3. The van der Waals surface area contributed by atoms with Crippen molar-refractivity contribution < 1.29 is 14.3 Å². The third kappa shape index (κ3) is 5.98. The molecule has 1 saturated heterocycles. The Morgan fingerprint density at radius 2 is 1.71 bits per heavy atom. The summed E-state index contributed by atoms with van der Waals surface area (Å²) in [5, 5.41) is 0. The average Bonchev–Trinajstić information content (AvgIpc) is 2.86. The molecule has 2 aromatic carbocycles. The molecule has 2 amide bonds. The van der Waals surface area contributed by atoms with E-state index in [1.165, 1.54) is 12.0 Å². The third-order valence-corrected chi connectivity index (χ3v) is 6.86. The number of carbonyl (C=O) groups excluding carboxylic acids is 2. The number of likely N-dealkylation sites (tertiary alicyclic amines) is 1. The number of benzene rings is 2. The zero-order valence-corrected chi connectivity index (χ0v) is 20.5. The molecule has 2 aliphatic rings. The molecule has 4 rings (SSSR count). The van der Waals surface area contributed by atoms with Gasteiger partial charge in [-0.25, -0.2) is 0 Å². The maximum Gasteiger partial charge on any atom is 0.253 e. The molecule has 34 heavy (non-hydrogen) atoms. The van der Waals surface area contributed by atoms with Gasteiger partial charge in [0, 0.05) is 36.8 Å². The minimum Gasteiger partial charge on any atom is -0.494 e. The normalized spacial score (nSPS) is 16.6. The fourth-order valence-corrected chi connectivity index (χ4v) is 4.95. The summed E-state index contributed by atoms with van der Waals surface area (Å²) in [5.74, 6) is 1.07. The van der Waals surface area contributed by atoms with Gasteiger partial charge in [0.25, 0.3) is 5.91 Å². The van der Waals surface area contributed by atoms with Crippen molar-refractivity contribution in [3.8, 4) is 5.75 Å². The summed E-state index contributed by atoms with van der Waals surface area (Å²) in [6.45, 7) is 3.14. The second kappa shape index (κ2) is 11.5. The van der Waals surface area contributed by atoms with Crippen LogP contribution in [0.15, 0.2) is 48.5 Å². The van der Waals surface area contributed by atoms with Gasteiger partial charge in [-0.2, -0.15) is 0 Å². The maximum atomic E-state index is 13.0. The van der Waals surface area contributed by atoms with Gasteiger partial charge in [-0.3, -0.25) is 9.59 Å². The van der Waals surface area contributed by atoms with E-state index in [4.69, 9.17) is 4.74 Å². The van der Waals surface area contributed by atoms with Gasteiger partial charge >= 0.3 is 0 Å². The van der Waals surface area contributed by atoms with Crippen LogP contribution in [0.25, 0.3) is 0 Å². The number of hydrogen-bond donors (Lipinski definition) is 0. The van der Waals surface area contributed by atoms with Gasteiger partial charge in [-0.15, -0.1) is 0 Å². The fourth-order valence-electron chi connectivity index (χ4n) is 4.95. The van der Waals surface area contributed by atoms with Gasteiger partial charge in [0.15, 0.2) is 0 Å². The fraction of sp³-hybridized carbons (Fsp3) is 0.500. The Labute approximate surface area is 203 Å². The summed E-state index contributed by atoms with van der Waals surface area (Å²) in [7, 11) is 4.19. The van der Waals surface area contributed by atoms with E-state index in [0.29, 0.717) is 31.7 Å². The van der Waals surface area contributed by atoms with Crippen LogP contribution in [0, 0.1) is 0 Å². The number of para-hydroxylation sites is 1. The van der Waals surface area contributed by atoms with Crippen molar-refractivity contribution >= 4 is 17.5 Å². The quantitative estimate of drug-likeness (QED) is 0.518. The molecule has 0 unspecified atom stereocenters. The number of nitrogens with zero attached hydrogens (tertiary/aromatic N) is 3. The number of aryl methyl sites for hydroxylation is 1. The van der Waals surface area contributed by atoms with E-state index in [2.05, 4.69) is 31.1 Å². The number of unbranched alkanes of at least 4 members (excludes halogenated alkanes) is 2. The van der Waals surface area contributed by atoms with Gasteiger partial charge in [-0.05, 0) is 95.1 Å². The highest BCUT2D eigenvalue weighted by Crippen LogP contribution is 2.32. The largest absolute Gasteiger partial charge is 0.494 e. The molecule has 1 fully saturated rings. The number of carbonyl (C=O) groups is 2. The van der Waals surface area contributed by atoms with Gasteiger partial charge in [0.2, 0.25) is 5.91 Å². The number of fused-ring (bicyclic) bond motifs is 1. The predicted molar refractivity (Wildman–Crippen MR) is 136 cm³/mol. The van der Waals surface area contributed by atoms with Gasteiger partial charge < -0.3 is 19.4 Å². The number of piperidine rings is 1. The predicted octanol–water partition coefficient (Wildman–Crippen LogP) is 4.38. The molecule has 2 aliphatic heterocycles. The van der Waals surface area contributed by atoms with Crippen molar-refractivity contribution in [1.29, 1.82) is 0 Å². The van der Waals surface area contributed by atoms with Crippen LogP contribution in [0.4, 0.5) is 5.69 Å². The zero-order chi connectivity index (χ0) is 23.9. The summed E-state index contributed by atoms with van der Waals surface area (Å²) in [4.78, 5) is 31.9. The van der Waals surface area contributed by atoms with Crippen molar-refractivity contribution in [2.24, 2.45) is 0 Å². The van der Waals surface area contributed by atoms with Crippen LogP contribution in [-0.4, -0.2) is 68.0 Å². The van der Waals surface area contributed by atoms with Crippen LogP contribution >= 0.6 is 0 Å². The highest BCUT2D eigenvalue weighted by atomic mass is 16.5. The zero-order valence-electron chi connectivity index (χ0n) is 20.5. The Kier molecular flexibility index (Phi) is 8.22. The average molecular weight is 464 g/mol. The molecule has 0 radical (unpaired) electrons. The van der Waals surface area contributed by atoms with Crippen LogP contribution in [-0.2, 0) is 11.2 Å². The van der Waals surface area contributed by atoms with Crippen molar-refractivity contribution in [2.45, 2.75) is 51.0 Å². The van der Waals surface area contributed by atoms with E-state index in [9.17, 15) is 9.59 Å². The molecule has 2 aromatic rings. The number of rotatable bonds is 9. The number of ether oxygens (including phenoxy) is 1. The second-order valence-electron chi connectivity index (χ2n) is 9.65. The topological polar surface area (TPSA) is 53.1 Å². The molecule has 2 heterocycles. The van der Waals surface area contributed by atoms with Crippen molar-refractivity contribution in [3.05, 3.63) is 59.7 Å². The molecule has 0 bridgehead atoms. The van der Waals surface area contributed by atoms with E-state index in [1.54, 1.807) is 0 Å². The maximum absolute atomic E-state index is 13.0. The first-order valence-corrected chi connectivity index (χ1v) is 12.6. The van der Waals surface area contributed by atoms with E-state index < -0.39 is 0 Å². The van der Waals surface area contributed by atoms with E-state index in [1.807, 2.05) is 46.2 Å². The number of anilines is 1. The number of amides is 2. The monoisotopic (exact) mass is 463 g/mol. The second-order valence-corrected chi connectivity index (χ2v) is 9.65. The third-order valence-electron chi connectivity index (χ3n) is 6.86. The lowest BCUT2D eigenvalue weighted by molar-refractivity contribution is -0.119. The molecule has 0 aliphatic carbocycles. The molecule has 0 spiro atoms. The van der Waals surface area contributed by atoms with Crippen LogP contribution in [0.3, 0.4) is 0 Å². The van der Waals surface area contributed by atoms with Crippen LogP contribution in [0.1, 0.15) is 54.4 Å². The summed E-state index contributed by atoms with van der Waals surface area (Å²) in [6.07, 6.45) is 6.37. The molecule has 182 valence electrons. The molecule has 6 heteroatoms. The van der Waals surface area contributed by atoms with E-state index in [0.717, 1.165) is 50.1 Å². The first kappa shape index (κ1) is 24.3. The van der Waals surface area contributed by atoms with Crippen LogP contribution in [0.5, 0.6) is 5.75 Å². The van der Waals surface area contributed by atoms with Gasteiger partial charge in [-0.1, -0.05) is 18.2 Å². The van der Waals surface area contributed by atoms with Crippen LogP contribution in [0.2, 0.25) is 0 Å². The van der Waals surface area contributed by atoms with Gasteiger partial charge in [0.1, 0.15) is 5.75 Å². The Morgan fingerprint density at radius 3 is 2.44 bits per heavy atom. The highest BCUT2D eigenvalue weighted by Gasteiger charge is 2.33. The minimum absolute atomic E-state index is 0.0547. The van der Waals surface area contributed by atoms with Crippen molar-refractivity contribution in [2.75, 3.05) is 45.2 Å². The Balaban J connectivity index is 1.26. The van der Waals surface area contributed by atoms with E-state index in [-0.39, 0.29) is 17.9 Å². The number of hydrogen-bond acceptors (Lipinski definition) is 4. The lowest BCUT2D eigenvalue weighted by Crippen LogP contribution is -2.50. The van der Waals surface area contributed by atoms with Gasteiger partial charge in [0.05, 0.1) is 6.61 Å².